The first kappa shape index (κ1) is 21.1. The molecular formula is C19H20N2O6S. The zero-order valence-electron chi connectivity index (χ0n) is 15.7. The second-order valence-corrected chi connectivity index (χ2v) is 6.58. The van der Waals surface area contributed by atoms with Crippen LogP contribution in [0.25, 0.3) is 0 Å². The van der Waals surface area contributed by atoms with E-state index in [4.69, 9.17) is 24.7 Å². The molecule has 0 saturated heterocycles. The van der Waals surface area contributed by atoms with Gasteiger partial charge in [0.05, 0.1) is 19.3 Å². The van der Waals surface area contributed by atoms with Crippen LogP contribution in [0.1, 0.15) is 34.6 Å². The number of methoxy groups -OCH3 is 1. The molecule has 0 amide bonds. The first-order chi connectivity index (χ1) is 13.4. The number of ether oxygens (including phenoxy) is 4. The standard InChI is InChI=1S/C19H20N2O6S/c1-4-25-19(23)16-15(14(9-20)17(21)28-16)10-26-18(22)11(2)27-13-7-5-12(24-3)6-8-13/h5-8,11H,4,10,21H2,1-3H3. The van der Waals surface area contributed by atoms with Gasteiger partial charge in [0.1, 0.15) is 34.1 Å². The molecule has 1 heterocycles. The van der Waals surface area contributed by atoms with Crippen molar-refractivity contribution in [2.45, 2.75) is 26.6 Å². The molecule has 0 aliphatic heterocycles. The Morgan fingerprint density at radius 3 is 2.43 bits per heavy atom. The van der Waals surface area contributed by atoms with E-state index in [9.17, 15) is 14.9 Å². The Morgan fingerprint density at radius 2 is 1.86 bits per heavy atom. The van der Waals surface area contributed by atoms with E-state index in [0.717, 1.165) is 11.3 Å². The molecule has 0 fully saturated rings. The normalized spacial score (nSPS) is 11.2. The lowest BCUT2D eigenvalue weighted by atomic mass is 10.1. The molecule has 9 heteroatoms. The summed E-state index contributed by atoms with van der Waals surface area (Å²) in [6.45, 7) is 3.08. The van der Waals surface area contributed by atoms with Crippen LogP contribution in [-0.4, -0.2) is 31.8 Å². The SMILES string of the molecule is CCOC(=O)c1sc(N)c(C#N)c1COC(=O)C(C)Oc1ccc(OC)cc1. The van der Waals surface area contributed by atoms with Crippen molar-refractivity contribution >= 4 is 28.3 Å². The van der Waals surface area contributed by atoms with Gasteiger partial charge in [-0.3, -0.25) is 0 Å². The second kappa shape index (κ2) is 9.62. The van der Waals surface area contributed by atoms with Crippen molar-refractivity contribution in [1.29, 1.82) is 5.26 Å². The van der Waals surface area contributed by atoms with Gasteiger partial charge in [0, 0.05) is 5.56 Å². The number of carbonyl (C=O) groups is 2. The van der Waals surface area contributed by atoms with Crippen LogP contribution in [0.3, 0.4) is 0 Å². The van der Waals surface area contributed by atoms with Gasteiger partial charge < -0.3 is 24.7 Å². The monoisotopic (exact) mass is 404 g/mol. The van der Waals surface area contributed by atoms with E-state index in [0.29, 0.717) is 11.5 Å². The molecule has 148 valence electrons. The van der Waals surface area contributed by atoms with Crippen molar-refractivity contribution in [3.8, 4) is 17.6 Å². The van der Waals surface area contributed by atoms with Gasteiger partial charge in [-0.1, -0.05) is 0 Å². The third kappa shape index (κ3) is 4.92. The minimum absolute atomic E-state index is 0.101. The topological polar surface area (TPSA) is 121 Å². The predicted molar refractivity (Wildman–Crippen MR) is 102 cm³/mol. The van der Waals surface area contributed by atoms with Crippen LogP contribution in [0.15, 0.2) is 24.3 Å². The fourth-order valence-electron chi connectivity index (χ4n) is 2.27. The highest BCUT2D eigenvalue weighted by atomic mass is 32.1. The van der Waals surface area contributed by atoms with E-state index in [2.05, 4.69) is 0 Å². The first-order valence-electron chi connectivity index (χ1n) is 8.36. The fraction of sp³-hybridized carbons (Fsp3) is 0.316. The Morgan fingerprint density at radius 1 is 1.21 bits per heavy atom. The molecule has 0 radical (unpaired) electrons. The highest BCUT2D eigenvalue weighted by molar-refractivity contribution is 7.18. The molecule has 0 saturated carbocycles. The molecule has 28 heavy (non-hydrogen) atoms. The number of nitrogens with zero attached hydrogens (tertiary/aromatic N) is 1. The number of hydrogen-bond acceptors (Lipinski definition) is 9. The fourth-order valence-corrected chi connectivity index (χ4v) is 3.19. The quantitative estimate of drug-likeness (QED) is 0.667. The molecule has 1 atom stereocenters. The van der Waals surface area contributed by atoms with Gasteiger partial charge in [0.25, 0.3) is 0 Å². The van der Waals surface area contributed by atoms with E-state index in [1.165, 1.54) is 6.92 Å². The Bertz CT molecular complexity index is 885. The lowest BCUT2D eigenvalue weighted by Crippen LogP contribution is -2.26. The van der Waals surface area contributed by atoms with Gasteiger partial charge in [-0.05, 0) is 38.1 Å². The van der Waals surface area contributed by atoms with Crippen LogP contribution in [0.5, 0.6) is 11.5 Å². The zero-order chi connectivity index (χ0) is 20.7. The summed E-state index contributed by atoms with van der Waals surface area (Å²) in [7, 11) is 1.55. The molecule has 0 aliphatic carbocycles. The molecule has 2 aromatic rings. The smallest absolute Gasteiger partial charge is 0.348 e. The Labute approximate surface area is 166 Å². The summed E-state index contributed by atoms with van der Waals surface area (Å²) in [6.07, 6.45) is -0.902. The Hall–Kier alpha value is -3.25. The summed E-state index contributed by atoms with van der Waals surface area (Å²) < 4.78 is 20.8. The average Bonchev–Trinajstić information content (AvgIpc) is 3.02. The average molecular weight is 404 g/mol. The molecule has 0 spiro atoms. The number of hydrogen-bond donors (Lipinski definition) is 1. The summed E-state index contributed by atoms with van der Waals surface area (Å²) in [6, 6.07) is 8.65. The van der Waals surface area contributed by atoms with Crippen molar-refractivity contribution in [1.82, 2.24) is 0 Å². The van der Waals surface area contributed by atoms with E-state index in [1.54, 1.807) is 38.3 Å². The Balaban J connectivity index is 2.06. The molecule has 0 aliphatic rings. The summed E-state index contributed by atoms with van der Waals surface area (Å²) >= 11 is 0.926. The van der Waals surface area contributed by atoms with Crippen LogP contribution in [0.4, 0.5) is 5.00 Å². The number of esters is 2. The maximum atomic E-state index is 12.3. The minimum atomic E-state index is -0.902. The predicted octanol–water partition coefficient (Wildman–Crippen LogP) is 2.90. The zero-order valence-corrected chi connectivity index (χ0v) is 16.5. The molecule has 1 unspecified atom stereocenters. The lowest BCUT2D eigenvalue weighted by Gasteiger charge is -2.14. The number of benzene rings is 1. The molecular weight excluding hydrogens is 384 g/mol. The van der Waals surface area contributed by atoms with Crippen molar-refractivity contribution in [2.24, 2.45) is 0 Å². The maximum absolute atomic E-state index is 12.3. The largest absolute Gasteiger partial charge is 0.497 e. The summed E-state index contributed by atoms with van der Waals surface area (Å²) in [5.41, 5.74) is 6.12. The van der Waals surface area contributed by atoms with Gasteiger partial charge in [-0.15, -0.1) is 11.3 Å². The van der Waals surface area contributed by atoms with Crippen LogP contribution in [0, 0.1) is 11.3 Å². The van der Waals surface area contributed by atoms with E-state index in [-0.39, 0.29) is 34.2 Å². The van der Waals surface area contributed by atoms with Gasteiger partial charge in [-0.2, -0.15) is 5.26 Å². The van der Waals surface area contributed by atoms with Crippen LogP contribution < -0.4 is 15.2 Å². The van der Waals surface area contributed by atoms with Crippen LogP contribution in [-0.2, 0) is 20.9 Å². The lowest BCUT2D eigenvalue weighted by molar-refractivity contribution is -0.152. The van der Waals surface area contributed by atoms with Crippen molar-refractivity contribution in [2.75, 3.05) is 19.5 Å². The van der Waals surface area contributed by atoms with Crippen molar-refractivity contribution < 1.29 is 28.5 Å². The first-order valence-corrected chi connectivity index (χ1v) is 9.18. The van der Waals surface area contributed by atoms with E-state index < -0.39 is 18.0 Å². The molecule has 8 nitrogen and oxygen atoms in total. The van der Waals surface area contributed by atoms with Crippen LogP contribution in [0.2, 0.25) is 0 Å². The number of anilines is 1. The molecule has 1 aromatic carbocycles. The van der Waals surface area contributed by atoms with Gasteiger partial charge in [0.15, 0.2) is 6.10 Å². The second-order valence-electron chi connectivity index (χ2n) is 5.52. The van der Waals surface area contributed by atoms with Gasteiger partial charge >= 0.3 is 11.9 Å². The highest BCUT2D eigenvalue weighted by Crippen LogP contribution is 2.32. The van der Waals surface area contributed by atoms with Gasteiger partial charge in [0.2, 0.25) is 0 Å². The van der Waals surface area contributed by atoms with Crippen LogP contribution >= 0.6 is 11.3 Å². The number of rotatable bonds is 8. The minimum Gasteiger partial charge on any atom is -0.497 e. The number of nitrogen functional groups attached to an aromatic ring is 1. The molecule has 0 bridgehead atoms. The van der Waals surface area contributed by atoms with E-state index in [1.807, 2.05) is 6.07 Å². The summed E-state index contributed by atoms with van der Waals surface area (Å²) in [4.78, 5) is 24.5. The third-order valence-electron chi connectivity index (χ3n) is 3.67. The maximum Gasteiger partial charge on any atom is 0.348 e. The number of thiophene rings is 1. The van der Waals surface area contributed by atoms with Gasteiger partial charge in [-0.25, -0.2) is 9.59 Å². The van der Waals surface area contributed by atoms with Crippen molar-refractivity contribution in [3.05, 3.63) is 40.3 Å². The number of nitriles is 1. The number of nitrogens with two attached hydrogens (primary N) is 1. The molecule has 2 rings (SSSR count). The summed E-state index contributed by atoms with van der Waals surface area (Å²) in [5, 5.41) is 9.45. The number of carbonyl (C=O) groups excluding carboxylic acids is 2. The molecule has 1 aromatic heterocycles. The van der Waals surface area contributed by atoms with E-state index >= 15 is 0 Å². The van der Waals surface area contributed by atoms with Crippen molar-refractivity contribution in [3.63, 3.8) is 0 Å². The third-order valence-corrected chi connectivity index (χ3v) is 4.71. The highest BCUT2D eigenvalue weighted by Gasteiger charge is 2.25. The Kier molecular flexibility index (Phi) is 7.23. The molecule has 2 N–H and O–H groups in total. The summed E-state index contributed by atoms with van der Waals surface area (Å²) in [5.74, 6) is -0.142.